The highest BCUT2D eigenvalue weighted by Gasteiger charge is 2.28. The van der Waals surface area contributed by atoms with E-state index in [9.17, 15) is 23.1 Å². The van der Waals surface area contributed by atoms with Gasteiger partial charge in [-0.2, -0.15) is 4.31 Å². The van der Waals surface area contributed by atoms with E-state index in [2.05, 4.69) is 0 Å². The van der Waals surface area contributed by atoms with Crippen molar-refractivity contribution >= 4 is 26.9 Å². The molecule has 0 unspecified atom stereocenters. The van der Waals surface area contributed by atoms with Crippen molar-refractivity contribution < 1.29 is 18.3 Å². The molecule has 1 aromatic heterocycles. The second kappa shape index (κ2) is 6.03. The summed E-state index contributed by atoms with van der Waals surface area (Å²) in [6.45, 7) is 3.23. The van der Waals surface area contributed by atoms with Crippen LogP contribution in [-0.4, -0.2) is 41.5 Å². The molecular formula is C16H18N2O5S. The fourth-order valence-electron chi connectivity index (χ4n) is 3.03. The molecule has 7 nitrogen and oxygen atoms in total. The Morgan fingerprint density at radius 2 is 1.92 bits per heavy atom. The lowest BCUT2D eigenvalue weighted by atomic mass is 10.1. The maximum Gasteiger partial charge on any atom is 0.341 e. The normalized spacial score (nSPS) is 15.9. The molecular weight excluding hydrogens is 332 g/mol. The quantitative estimate of drug-likeness (QED) is 0.901. The molecule has 0 aliphatic carbocycles. The van der Waals surface area contributed by atoms with Gasteiger partial charge >= 0.3 is 5.97 Å². The predicted octanol–water partition coefficient (Wildman–Crippen LogP) is 1.50. The number of aromatic carboxylic acids is 1. The molecule has 0 saturated carbocycles. The van der Waals surface area contributed by atoms with Gasteiger partial charge in [-0.15, -0.1) is 0 Å². The van der Waals surface area contributed by atoms with Crippen LogP contribution in [0.5, 0.6) is 0 Å². The molecule has 24 heavy (non-hydrogen) atoms. The molecule has 0 atom stereocenters. The van der Waals surface area contributed by atoms with Crippen LogP contribution in [0.25, 0.3) is 10.9 Å². The van der Waals surface area contributed by atoms with E-state index in [1.54, 1.807) is 10.6 Å². The van der Waals surface area contributed by atoms with E-state index in [1.807, 2.05) is 6.92 Å². The Balaban J connectivity index is 2.26. The molecule has 1 saturated heterocycles. The number of aromatic nitrogens is 1. The van der Waals surface area contributed by atoms with Gasteiger partial charge in [-0.3, -0.25) is 4.79 Å². The molecule has 1 aliphatic rings. The molecule has 3 rings (SSSR count). The summed E-state index contributed by atoms with van der Waals surface area (Å²) in [4.78, 5) is 23.7. The average Bonchev–Trinajstić information content (AvgIpc) is 3.10. The molecule has 128 valence electrons. The number of nitrogens with zero attached hydrogens (tertiary/aromatic N) is 2. The number of hydrogen-bond acceptors (Lipinski definition) is 4. The lowest BCUT2D eigenvalue weighted by Gasteiger charge is -2.16. The van der Waals surface area contributed by atoms with Gasteiger partial charge in [0, 0.05) is 31.2 Å². The summed E-state index contributed by atoms with van der Waals surface area (Å²) in [7, 11) is -3.66. The minimum absolute atomic E-state index is 0.0270. The summed E-state index contributed by atoms with van der Waals surface area (Å²) < 4.78 is 28.4. The van der Waals surface area contributed by atoms with Gasteiger partial charge in [0.05, 0.1) is 10.4 Å². The number of carboxylic acid groups (broad SMARTS) is 1. The Morgan fingerprint density at radius 1 is 1.25 bits per heavy atom. The van der Waals surface area contributed by atoms with E-state index < -0.39 is 21.4 Å². The van der Waals surface area contributed by atoms with Gasteiger partial charge in [0.2, 0.25) is 15.5 Å². The third-order valence-electron chi connectivity index (χ3n) is 4.33. The van der Waals surface area contributed by atoms with Crippen LogP contribution >= 0.6 is 0 Å². The summed E-state index contributed by atoms with van der Waals surface area (Å²) in [5.74, 6) is -1.32. The Kier molecular flexibility index (Phi) is 4.18. The molecule has 0 spiro atoms. The van der Waals surface area contributed by atoms with Gasteiger partial charge in [-0.1, -0.05) is 0 Å². The molecule has 0 amide bonds. The molecule has 0 radical (unpaired) electrons. The van der Waals surface area contributed by atoms with Crippen LogP contribution in [0.3, 0.4) is 0 Å². The number of carbonyl (C=O) groups is 1. The Hall–Kier alpha value is -2.19. The fourth-order valence-corrected chi connectivity index (χ4v) is 4.57. The van der Waals surface area contributed by atoms with Gasteiger partial charge in [-0.05, 0) is 38.0 Å². The predicted molar refractivity (Wildman–Crippen MR) is 88.8 cm³/mol. The monoisotopic (exact) mass is 350 g/mol. The smallest absolute Gasteiger partial charge is 0.341 e. The van der Waals surface area contributed by atoms with Crippen molar-refractivity contribution in [3.8, 4) is 0 Å². The highest BCUT2D eigenvalue weighted by atomic mass is 32.2. The minimum Gasteiger partial charge on any atom is -0.477 e. The summed E-state index contributed by atoms with van der Waals surface area (Å²) in [5, 5.41) is 9.32. The number of hydrogen-bond donors (Lipinski definition) is 1. The first-order chi connectivity index (χ1) is 11.4. The Bertz CT molecular complexity index is 972. The van der Waals surface area contributed by atoms with E-state index in [0.29, 0.717) is 25.2 Å². The summed E-state index contributed by atoms with van der Waals surface area (Å²) in [5.41, 5.74) is -0.506. The average molecular weight is 350 g/mol. The van der Waals surface area contributed by atoms with Gasteiger partial charge in [0.15, 0.2) is 0 Å². The molecule has 2 aromatic rings. The molecule has 1 N–H and O–H groups in total. The number of sulfonamides is 1. The third-order valence-corrected chi connectivity index (χ3v) is 6.22. The van der Waals surface area contributed by atoms with Crippen LogP contribution in [0.4, 0.5) is 0 Å². The zero-order valence-electron chi connectivity index (χ0n) is 13.2. The van der Waals surface area contributed by atoms with Crippen molar-refractivity contribution in [1.29, 1.82) is 0 Å². The fraction of sp³-hybridized carbons (Fsp3) is 0.375. The van der Waals surface area contributed by atoms with E-state index in [4.69, 9.17) is 0 Å². The first-order valence-corrected chi connectivity index (χ1v) is 9.21. The van der Waals surface area contributed by atoms with Gasteiger partial charge in [-0.25, -0.2) is 13.2 Å². The van der Waals surface area contributed by atoms with Crippen LogP contribution in [0.1, 0.15) is 30.1 Å². The van der Waals surface area contributed by atoms with Crippen molar-refractivity contribution in [2.24, 2.45) is 0 Å². The van der Waals surface area contributed by atoms with Crippen LogP contribution in [0.15, 0.2) is 34.1 Å². The molecule has 8 heteroatoms. The van der Waals surface area contributed by atoms with E-state index in [-0.39, 0.29) is 15.8 Å². The molecule has 1 fully saturated rings. The SMILES string of the molecule is CCn1cc(C(=O)O)c(=O)c2cc(S(=O)(=O)N3CCCC3)ccc21. The Labute approximate surface area is 139 Å². The van der Waals surface area contributed by atoms with Crippen LogP contribution < -0.4 is 5.43 Å². The van der Waals surface area contributed by atoms with E-state index >= 15 is 0 Å². The zero-order valence-corrected chi connectivity index (χ0v) is 14.0. The number of aryl methyl sites for hydroxylation is 1. The van der Waals surface area contributed by atoms with Crippen molar-refractivity contribution in [2.45, 2.75) is 31.2 Å². The van der Waals surface area contributed by atoms with Gasteiger partial charge in [0.1, 0.15) is 5.56 Å². The standard InChI is InChI=1S/C16H18N2O5S/c1-2-17-10-13(16(20)21)15(19)12-9-11(5-6-14(12)17)24(22,23)18-7-3-4-8-18/h5-6,9-10H,2-4,7-8H2,1H3,(H,20,21). The van der Waals surface area contributed by atoms with Crippen LogP contribution in [0.2, 0.25) is 0 Å². The number of fused-ring (bicyclic) bond motifs is 1. The Morgan fingerprint density at radius 3 is 2.50 bits per heavy atom. The number of benzene rings is 1. The number of pyridine rings is 1. The topological polar surface area (TPSA) is 96.7 Å². The van der Waals surface area contributed by atoms with E-state index in [1.165, 1.54) is 22.6 Å². The second-order valence-electron chi connectivity index (χ2n) is 5.75. The highest BCUT2D eigenvalue weighted by molar-refractivity contribution is 7.89. The minimum atomic E-state index is -3.66. The van der Waals surface area contributed by atoms with Crippen molar-refractivity contribution in [2.75, 3.05) is 13.1 Å². The van der Waals surface area contributed by atoms with Gasteiger partial charge in [0.25, 0.3) is 0 Å². The molecule has 1 aromatic carbocycles. The largest absolute Gasteiger partial charge is 0.477 e. The lowest BCUT2D eigenvalue weighted by molar-refractivity contribution is 0.0695. The second-order valence-corrected chi connectivity index (χ2v) is 7.69. The first kappa shape index (κ1) is 16.7. The number of carboxylic acids is 1. The lowest BCUT2D eigenvalue weighted by Crippen LogP contribution is -2.28. The summed E-state index contributed by atoms with van der Waals surface area (Å²) in [6.07, 6.45) is 2.93. The van der Waals surface area contributed by atoms with Crippen LogP contribution in [0, 0.1) is 0 Å². The first-order valence-electron chi connectivity index (χ1n) is 7.77. The maximum atomic E-state index is 12.7. The molecule has 0 bridgehead atoms. The maximum absolute atomic E-state index is 12.7. The summed E-state index contributed by atoms with van der Waals surface area (Å²) >= 11 is 0. The van der Waals surface area contributed by atoms with Crippen molar-refractivity contribution in [1.82, 2.24) is 8.87 Å². The van der Waals surface area contributed by atoms with Gasteiger partial charge < -0.3 is 9.67 Å². The van der Waals surface area contributed by atoms with Crippen molar-refractivity contribution in [3.63, 3.8) is 0 Å². The van der Waals surface area contributed by atoms with E-state index in [0.717, 1.165) is 12.8 Å². The molecule has 2 heterocycles. The van der Waals surface area contributed by atoms with Crippen LogP contribution in [-0.2, 0) is 16.6 Å². The highest BCUT2D eigenvalue weighted by Crippen LogP contribution is 2.23. The number of rotatable bonds is 4. The third kappa shape index (κ3) is 2.61. The zero-order chi connectivity index (χ0) is 17.5. The summed E-state index contributed by atoms with van der Waals surface area (Å²) in [6, 6.07) is 4.33. The van der Waals surface area contributed by atoms with Crippen molar-refractivity contribution in [3.05, 3.63) is 40.2 Å². The molecule has 1 aliphatic heterocycles.